The van der Waals surface area contributed by atoms with Gasteiger partial charge in [0.05, 0.1) is 0 Å². The van der Waals surface area contributed by atoms with Crippen LogP contribution in [0.15, 0.2) is 36.4 Å². The SMILES string of the molecule is CC(I)C(=O)Oc1ccc(N)c2ccccc12. The van der Waals surface area contributed by atoms with E-state index in [-0.39, 0.29) is 9.89 Å². The molecule has 0 radical (unpaired) electrons. The van der Waals surface area contributed by atoms with Crippen molar-refractivity contribution in [1.82, 2.24) is 0 Å². The zero-order valence-corrected chi connectivity index (χ0v) is 11.5. The van der Waals surface area contributed by atoms with Gasteiger partial charge in [0.1, 0.15) is 9.67 Å². The predicted octanol–water partition coefficient (Wildman–Crippen LogP) is 3.15. The third-order valence-corrected chi connectivity index (χ3v) is 2.96. The van der Waals surface area contributed by atoms with Gasteiger partial charge in [-0.05, 0) is 19.1 Å². The highest BCUT2D eigenvalue weighted by atomic mass is 127. The summed E-state index contributed by atoms with van der Waals surface area (Å²) in [6, 6.07) is 11.1. The van der Waals surface area contributed by atoms with Gasteiger partial charge in [-0.15, -0.1) is 0 Å². The van der Waals surface area contributed by atoms with Crippen LogP contribution in [0.25, 0.3) is 10.8 Å². The van der Waals surface area contributed by atoms with Gasteiger partial charge >= 0.3 is 5.97 Å². The first kappa shape index (κ1) is 12.2. The number of fused-ring (bicyclic) bond motifs is 1. The molecule has 4 heteroatoms. The molecule has 1 unspecified atom stereocenters. The van der Waals surface area contributed by atoms with Crippen molar-refractivity contribution in [2.75, 3.05) is 5.73 Å². The van der Waals surface area contributed by atoms with Crippen molar-refractivity contribution in [2.45, 2.75) is 10.8 Å². The van der Waals surface area contributed by atoms with Crippen LogP contribution in [-0.2, 0) is 4.79 Å². The fraction of sp³-hybridized carbons (Fsp3) is 0.154. The van der Waals surface area contributed by atoms with Crippen molar-refractivity contribution in [3.8, 4) is 5.75 Å². The van der Waals surface area contributed by atoms with Crippen LogP contribution in [0, 0.1) is 0 Å². The van der Waals surface area contributed by atoms with Gasteiger partial charge < -0.3 is 10.5 Å². The molecule has 88 valence electrons. The number of nitrogens with two attached hydrogens (primary N) is 1. The van der Waals surface area contributed by atoms with Crippen LogP contribution >= 0.6 is 22.6 Å². The van der Waals surface area contributed by atoms with E-state index in [9.17, 15) is 4.79 Å². The molecule has 0 bridgehead atoms. The smallest absolute Gasteiger partial charge is 0.324 e. The Hall–Kier alpha value is -1.30. The molecule has 0 heterocycles. The summed E-state index contributed by atoms with van der Waals surface area (Å²) in [5.74, 6) is 0.309. The first-order chi connectivity index (χ1) is 8.09. The summed E-state index contributed by atoms with van der Waals surface area (Å²) in [6.45, 7) is 1.79. The Morgan fingerprint density at radius 2 is 1.88 bits per heavy atom. The molecule has 0 aliphatic rings. The second-order valence-corrected chi connectivity index (χ2v) is 5.60. The van der Waals surface area contributed by atoms with E-state index in [0.29, 0.717) is 11.4 Å². The summed E-state index contributed by atoms with van der Waals surface area (Å²) in [5.41, 5.74) is 6.56. The Bertz CT molecular complexity index is 566. The van der Waals surface area contributed by atoms with Crippen LogP contribution in [0.5, 0.6) is 5.75 Å². The van der Waals surface area contributed by atoms with Crippen LogP contribution in [-0.4, -0.2) is 9.89 Å². The molecule has 0 aliphatic heterocycles. The van der Waals surface area contributed by atoms with Crippen LogP contribution in [0.1, 0.15) is 6.92 Å². The summed E-state index contributed by atoms with van der Waals surface area (Å²) >= 11 is 2.03. The molecule has 2 aromatic rings. The largest absolute Gasteiger partial charge is 0.425 e. The number of carbonyl (C=O) groups excluding carboxylic acids is 1. The standard InChI is InChI=1S/C13H12INO2/c1-8(14)13(16)17-12-7-6-11(15)9-4-2-3-5-10(9)12/h2-8H,15H2,1H3. The fourth-order valence-electron chi connectivity index (χ4n) is 1.57. The van der Waals surface area contributed by atoms with Gasteiger partial charge in [0.25, 0.3) is 0 Å². The molecule has 0 spiro atoms. The maximum Gasteiger partial charge on any atom is 0.324 e. The molecule has 2 rings (SSSR count). The average Bonchev–Trinajstić information content (AvgIpc) is 2.33. The molecule has 3 nitrogen and oxygen atoms in total. The van der Waals surface area contributed by atoms with Gasteiger partial charge in [-0.3, -0.25) is 4.79 Å². The highest BCUT2D eigenvalue weighted by Gasteiger charge is 2.13. The lowest BCUT2D eigenvalue weighted by molar-refractivity contribution is -0.132. The van der Waals surface area contributed by atoms with Gasteiger partial charge in [0, 0.05) is 16.5 Å². The van der Waals surface area contributed by atoms with Crippen molar-refractivity contribution < 1.29 is 9.53 Å². The minimum Gasteiger partial charge on any atom is -0.425 e. The number of hydrogen-bond acceptors (Lipinski definition) is 3. The third-order valence-electron chi connectivity index (χ3n) is 2.45. The van der Waals surface area contributed by atoms with Gasteiger partial charge in [0.2, 0.25) is 0 Å². The van der Waals surface area contributed by atoms with Gasteiger partial charge in [-0.25, -0.2) is 0 Å². The molecular weight excluding hydrogens is 329 g/mol. The van der Waals surface area contributed by atoms with Crippen molar-refractivity contribution in [2.24, 2.45) is 0 Å². The van der Waals surface area contributed by atoms with Gasteiger partial charge in [-0.1, -0.05) is 46.9 Å². The number of ether oxygens (including phenoxy) is 1. The van der Waals surface area contributed by atoms with Crippen molar-refractivity contribution in [3.63, 3.8) is 0 Å². The van der Waals surface area contributed by atoms with E-state index in [2.05, 4.69) is 0 Å². The van der Waals surface area contributed by atoms with Crippen LogP contribution < -0.4 is 10.5 Å². The molecular formula is C13H12INO2. The second-order valence-electron chi connectivity index (χ2n) is 3.74. The first-order valence-electron chi connectivity index (χ1n) is 5.22. The summed E-state index contributed by atoms with van der Waals surface area (Å²) < 4.78 is 5.17. The summed E-state index contributed by atoms with van der Waals surface area (Å²) in [7, 11) is 0. The lowest BCUT2D eigenvalue weighted by Crippen LogP contribution is -2.17. The van der Waals surface area contributed by atoms with Gasteiger partial charge in [0.15, 0.2) is 0 Å². The molecule has 0 saturated carbocycles. The molecule has 2 aromatic carbocycles. The normalized spacial score (nSPS) is 12.4. The van der Waals surface area contributed by atoms with E-state index in [0.717, 1.165) is 10.8 Å². The molecule has 17 heavy (non-hydrogen) atoms. The Labute approximate surface area is 113 Å². The minimum atomic E-state index is -0.250. The summed E-state index contributed by atoms with van der Waals surface area (Å²) in [4.78, 5) is 11.6. The van der Waals surface area contributed by atoms with E-state index >= 15 is 0 Å². The molecule has 0 amide bonds. The number of anilines is 1. The van der Waals surface area contributed by atoms with E-state index in [1.807, 2.05) is 46.9 Å². The van der Waals surface area contributed by atoms with Crippen LogP contribution in [0.4, 0.5) is 5.69 Å². The number of halogens is 1. The zero-order valence-electron chi connectivity index (χ0n) is 9.31. The highest BCUT2D eigenvalue weighted by Crippen LogP contribution is 2.30. The topological polar surface area (TPSA) is 52.3 Å². The van der Waals surface area contributed by atoms with E-state index in [1.54, 1.807) is 19.1 Å². The van der Waals surface area contributed by atoms with Crippen molar-refractivity contribution in [3.05, 3.63) is 36.4 Å². The fourth-order valence-corrected chi connectivity index (χ4v) is 1.70. The molecule has 0 aliphatic carbocycles. The monoisotopic (exact) mass is 341 g/mol. The Morgan fingerprint density at radius 1 is 1.24 bits per heavy atom. The van der Waals surface area contributed by atoms with Crippen molar-refractivity contribution >= 4 is 45.0 Å². The van der Waals surface area contributed by atoms with Crippen LogP contribution in [0.2, 0.25) is 0 Å². The molecule has 2 N–H and O–H groups in total. The number of rotatable bonds is 2. The van der Waals surface area contributed by atoms with E-state index < -0.39 is 0 Å². The maximum atomic E-state index is 11.6. The molecule has 0 fully saturated rings. The quantitative estimate of drug-likeness (QED) is 0.300. The Morgan fingerprint density at radius 3 is 2.53 bits per heavy atom. The van der Waals surface area contributed by atoms with Crippen LogP contribution in [0.3, 0.4) is 0 Å². The second kappa shape index (κ2) is 4.91. The number of esters is 1. The zero-order chi connectivity index (χ0) is 12.4. The first-order valence-corrected chi connectivity index (χ1v) is 6.47. The van der Waals surface area contributed by atoms with E-state index in [1.165, 1.54) is 0 Å². The van der Waals surface area contributed by atoms with Crippen molar-refractivity contribution in [1.29, 1.82) is 0 Å². The number of nitrogen functional groups attached to an aromatic ring is 1. The van der Waals surface area contributed by atoms with E-state index in [4.69, 9.17) is 10.5 Å². The highest BCUT2D eigenvalue weighted by molar-refractivity contribution is 14.1. The average molecular weight is 341 g/mol. The lowest BCUT2D eigenvalue weighted by atomic mass is 10.1. The minimum absolute atomic E-state index is 0.177. The summed E-state index contributed by atoms with van der Waals surface area (Å²) in [6.07, 6.45) is 0. The van der Waals surface area contributed by atoms with Gasteiger partial charge in [-0.2, -0.15) is 0 Å². The Balaban J connectivity index is 2.48. The lowest BCUT2D eigenvalue weighted by Gasteiger charge is -2.10. The molecule has 1 atom stereocenters. The summed E-state index contributed by atoms with van der Waals surface area (Å²) in [5, 5.41) is 1.76. The number of benzene rings is 2. The predicted molar refractivity (Wildman–Crippen MR) is 77.5 cm³/mol. The molecule has 0 saturated heterocycles. The third kappa shape index (κ3) is 2.52. The maximum absolute atomic E-state index is 11.6. The molecule has 0 aromatic heterocycles. The number of alkyl halides is 1. The number of hydrogen-bond donors (Lipinski definition) is 1. The Kier molecular flexibility index (Phi) is 3.51. The number of carbonyl (C=O) groups is 1.